The van der Waals surface area contributed by atoms with Crippen LogP contribution < -0.4 is 5.43 Å². The molecule has 0 radical (unpaired) electrons. The summed E-state index contributed by atoms with van der Waals surface area (Å²) in [6, 6.07) is 24.2. The van der Waals surface area contributed by atoms with Gasteiger partial charge in [-0.1, -0.05) is 59.7 Å². The van der Waals surface area contributed by atoms with Crippen molar-refractivity contribution in [3.63, 3.8) is 0 Å². The third kappa shape index (κ3) is 2.76. The molecule has 1 heterocycles. The zero-order chi connectivity index (χ0) is 17.4. The number of hydrogen-bond acceptors (Lipinski definition) is 1. The summed E-state index contributed by atoms with van der Waals surface area (Å²) < 4.78 is 2.10. The standard InChI is InChI=1S/C23H19NO/c1-16-12-17(2)14-18(13-16)21-15-24(19-8-4-3-5-9-19)22-11-7-6-10-20(22)23(21)25/h3-15H,1-2H3. The van der Waals surface area contributed by atoms with Crippen molar-refractivity contribution in [2.45, 2.75) is 13.8 Å². The van der Waals surface area contributed by atoms with Gasteiger partial charge in [0.2, 0.25) is 0 Å². The summed E-state index contributed by atoms with van der Waals surface area (Å²) >= 11 is 0. The van der Waals surface area contributed by atoms with Gasteiger partial charge in [-0.15, -0.1) is 0 Å². The van der Waals surface area contributed by atoms with Crippen LogP contribution in [-0.2, 0) is 0 Å². The summed E-state index contributed by atoms with van der Waals surface area (Å²) in [6.45, 7) is 4.13. The van der Waals surface area contributed by atoms with E-state index in [0.717, 1.165) is 38.8 Å². The lowest BCUT2D eigenvalue weighted by atomic mass is 10.00. The fraction of sp³-hybridized carbons (Fsp3) is 0.0870. The van der Waals surface area contributed by atoms with E-state index in [9.17, 15) is 4.79 Å². The summed E-state index contributed by atoms with van der Waals surface area (Å²) in [5.74, 6) is 0. The molecule has 4 aromatic rings. The number of fused-ring (bicyclic) bond motifs is 1. The summed E-state index contributed by atoms with van der Waals surface area (Å²) in [5.41, 5.74) is 6.07. The Labute approximate surface area is 147 Å². The number of aromatic nitrogens is 1. The van der Waals surface area contributed by atoms with E-state index in [1.165, 1.54) is 0 Å². The van der Waals surface area contributed by atoms with Gasteiger partial charge in [0.25, 0.3) is 0 Å². The Hall–Kier alpha value is -3.13. The zero-order valence-electron chi connectivity index (χ0n) is 14.4. The highest BCUT2D eigenvalue weighted by molar-refractivity contribution is 5.85. The topological polar surface area (TPSA) is 22.0 Å². The van der Waals surface area contributed by atoms with E-state index in [-0.39, 0.29) is 5.43 Å². The van der Waals surface area contributed by atoms with E-state index in [2.05, 4.69) is 48.7 Å². The molecule has 0 saturated heterocycles. The van der Waals surface area contributed by atoms with Crippen molar-refractivity contribution < 1.29 is 0 Å². The van der Waals surface area contributed by atoms with Gasteiger partial charge in [-0.3, -0.25) is 4.79 Å². The van der Waals surface area contributed by atoms with Gasteiger partial charge in [0, 0.05) is 22.8 Å². The molecule has 0 aliphatic carbocycles. The van der Waals surface area contributed by atoms with Gasteiger partial charge in [0.1, 0.15) is 0 Å². The van der Waals surface area contributed by atoms with Crippen LogP contribution in [0.5, 0.6) is 0 Å². The number of para-hydroxylation sites is 2. The molecule has 2 heteroatoms. The average Bonchev–Trinajstić information content (AvgIpc) is 2.62. The van der Waals surface area contributed by atoms with Crippen molar-refractivity contribution in [3.8, 4) is 16.8 Å². The van der Waals surface area contributed by atoms with Crippen LogP contribution in [0.1, 0.15) is 11.1 Å². The van der Waals surface area contributed by atoms with E-state index in [0.29, 0.717) is 0 Å². The normalized spacial score (nSPS) is 11.0. The third-order valence-electron chi connectivity index (χ3n) is 4.48. The minimum absolute atomic E-state index is 0.0766. The van der Waals surface area contributed by atoms with Gasteiger partial charge in [-0.05, 0) is 43.7 Å². The lowest BCUT2D eigenvalue weighted by Gasteiger charge is -2.14. The molecule has 0 bridgehead atoms. The second kappa shape index (κ2) is 6.06. The quantitative estimate of drug-likeness (QED) is 0.492. The molecular formula is C23H19NO. The van der Waals surface area contributed by atoms with Crippen LogP contribution in [0.15, 0.2) is 83.8 Å². The Morgan fingerprint density at radius 1 is 0.760 bits per heavy atom. The van der Waals surface area contributed by atoms with Crippen molar-refractivity contribution in [3.05, 3.63) is 100 Å². The number of benzene rings is 3. The largest absolute Gasteiger partial charge is 0.316 e. The first-order valence-corrected chi connectivity index (χ1v) is 8.42. The Balaban J connectivity index is 2.10. The number of rotatable bonds is 2. The lowest BCUT2D eigenvalue weighted by Crippen LogP contribution is -2.11. The highest BCUT2D eigenvalue weighted by Crippen LogP contribution is 2.24. The Kier molecular flexibility index (Phi) is 3.73. The molecule has 0 aliphatic rings. The van der Waals surface area contributed by atoms with Crippen molar-refractivity contribution >= 4 is 10.9 Å². The van der Waals surface area contributed by atoms with Crippen LogP contribution in [0, 0.1) is 13.8 Å². The molecule has 2 nitrogen and oxygen atoms in total. The maximum atomic E-state index is 13.1. The SMILES string of the molecule is Cc1cc(C)cc(-c2cn(-c3ccccc3)c3ccccc3c2=O)c1. The summed E-state index contributed by atoms with van der Waals surface area (Å²) in [4.78, 5) is 13.1. The van der Waals surface area contributed by atoms with Crippen LogP contribution >= 0.6 is 0 Å². The number of nitrogens with zero attached hydrogens (tertiary/aromatic N) is 1. The molecule has 0 fully saturated rings. The molecule has 0 saturated carbocycles. The second-order valence-electron chi connectivity index (χ2n) is 6.47. The Morgan fingerprint density at radius 2 is 1.40 bits per heavy atom. The van der Waals surface area contributed by atoms with Crippen LogP contribution in [-0.4, -0.2) is 4.57 Å². The van der Waals surface area contributed by atoms with Gasteiger partial charge in [0.05, 0.1) is 5.52 Å². The number of hydrogen-bond donors (Lipinski definition) is 0. The minimum Gasteiger partial charge on any atom is -0.316 e. The molecule has 0 unspecified atom stereocenters. The molecule has 0 aliphatic heterocycles. The Bertz CT molecular complexity index is 1100. The van der Waals surface area contributed by atoms with Crippen LogP contribution in [0.25, 0.3) is 27.7 Å². The summed E-state index contributed by atoms with van der Waals surface area (Å²) in [7, 11) is 0. The first-order valence-electron chi connectivity index (χ1n) is 8.42. The van der Waals surface area contributed by atoms with Crippen LogP contribution in [0.2, 0.25) is 0 Å². The highest BCUT2D eigenvalue weighted by atomic mass is 16.1. The van der Waals surface area contributed by atoms with Crippen molar-refractivity contribution in [2.24, 2.45) is 0 Å². The Morgan fingerprint density at radius 3 is 2.12 bits per heavy atom. The molecular weight excluding hydrogens is 306 g/mol. The van der Waals surface area contributed by atoms with Crippen molar-refractivity contribution in [2.75, 3.05) is 0 Å². The van der Waals surface area contributed by atoms with Gasteiger partial charge in [0.15, 0.2) is 5.43 Å². The van der Waals surface area contributed by atoms with Gasteiger partial charge in [-0.25, -0.2) is 0 Å². The predicted molar refractivity (Wildman–Crippen MR) is 104 cm³/mol. The van der Waals surface area contributed by atoms with Gasteiger partial charge < -0.3 is 4.57 Å². The van der Waals surface area contributed by atoms with Crippen LogP contribution in [0.3, 0.4) is 0 Å². The molecule has 4 rings (SSSR count). The predicted octanol–water partition coefficient (Wildman–Crippen LogP) is 5.27. The minimum atomic E-state index is 0.0766. The van der Waals surface area contributed by atoms with Crippen molar-refractivity contribution in [1.82, 2.24) is 4.57 Å². The fourth-order valence-electron chi connectivity index (χ4n) is 3.42. The monoisotopic (exact) mass is 325 g/mol. The molecule has 1 aromatic heterocycles. The lowest BCUT2D eigenvalue weighted by molar-refractivity contribution is 1.10. The maximum absolute atomic E-state index is 13.1. The smallest absolute Gasteiger partial charge is 0.197 e. The highest BCUT2D eigenvalue weighted by Gasteiger charge is 2.12. The average molecular weight is 325 g/mol. The molecule has 0 spiro atoms. The molecule has 3 aromatic carbocycles. The summed E-state index contributed by atoms with van der Waals surface area (Å²) in [5, 5.41) is 0.739. The van der Waals surface area contributed by atoms with E-state index >= 15 is 0 Å². The van der Waals surface area contributed by atoms with E-state index in [4.69, 9.17) is 0 Å². The second-order valence-corrected chi connectivity index (χ2v) is 6.47. The summed E-state index contributed by atoms with van der Waals surface area (Å²) in [6.07, 6.45) is 1.97. The van der Waals surface area contributed by atoms with Gasteiger partial charge in [-0.2, -0.15) is 0 Å². The fourth-order valence-corrected chi connectivity index (χ4v) is 3.42. The first kappa shape index (κ1) is 15.4. The van der Waals surface area contributed by atoms with Gasteiger partial charge >= 0.3 is 0 Å². The van der Waals surface area contributed by atoms with Crippen molar-refractivity contribution in [1.29, 1.82) is 0 Å². The molecule has 122 valence electrons. The van der Waals surface area contributed by atoms with Crippen LogP contribution in [0.4, 0.5) is 0 Å². The molecule has 0 N–H and O–H groups in total. The third-order valence-corrected chi connectivity index (χ3v) is 4.48. The molecule has 25 heavy (non-hydrogen) atoms. The maximum Gasteiger partial charge on any atom is 0.197 e. The zero-order valence-corrected chi connectivity index (χ0v) is 14.4. The molecule has 0 atom stereocenters. The number of aryl methyl sites for hydroxylation is 2. The van der Waals surface area contributed by atoms with E-state index in [1.807, 2.05) is 48.7 Å². The van der Waals surface area contributed by atoms with E-state index < -0.39 is 0 Å². The molecule has 0 amide bonds. The van der Waals surface area contributed by atoms with E-state index in [1.54, 1.807) is 0 Å². The first-order chi connectivity index (χ1) is 12.1. The number of pyridine rings is 1.